The van der Waals surface area contributed by atoms with Crippen molar-refractivity contribution in [3.05, 3.63) is 24.3 Å². The zero-order valence-corrected chi connectivity index (χ0v) is 15.2. The maximum absolute atomic E-state index is 12.9. The van der Waals surface area contributed by atoms with Gasteiger partial charge in [-0.1, -0.05) is 12.1 Å². The number of amides is 2. The van der Waals surface area contributed by atoms with Crippen molar-refractivity contribution in [3.63, 3.8) is 0 Å². The van der Waals surface area contributed by atoms with Gasteiger partial charge in [0.05, 0.1) is 5.69 Å². The van der Waals surface area contributed by atoms with E-state index in [2.05, 4.69) is 5.32 Å². The van der Waals surface area contributed by atoms with Crippen molar-refractivity contribution in [2.45, 2.75) is 57.1 Å². The fraction of sp³-hybridized carbons (Fsp3) is 0.619. The van der Waals surface area contributed by atoms with Gasteiger partial charge in [0.2, 0.25) is 5.91 Å². The second kappa shape index (κ2) is 5.73. The molecule has 5 heteroatoms. The highest BCUT2D eigenvalue weighted by molar-refractivity contribution is 6.03. The predicted octanol–water partition coefficient (Wildman–Crippen LogP) is 2.89. The summed E-state index contributed by atoms with van der Waals surface area (Å²) in [6.07, 6.45) is 6.85. The summed E-state index contributed by atoms with van der Waals surface area (Å²) in [5, 5.41) is 3.36. The molecule has 1 N–H and O–H groups in total. The molecule has 0 radical (unpaired) electrons. The van der Waals surface area contributed by atoms with Gasteiger partial charge in [0, 0.05) is 5.54 Å². The van der Waals surface area contributed by atoms with Gasteiger partial charge in [-0.25, -0.2) is 0 Å². The third-order valence-electron chi connectivity index (χ3n) is 6.82. The van der Waals surface area contributed by atoms with E-state index in [1.54, 1.807) is 11.8 Å². The number of para-hydroxylation sites is 2. The molecule has 138 valence electrons. The highest BCUT2D eigenvalue weighted by Crippen LogP contribution is 2.55. The third kappa shape index (κ3) is 2.60. The SMILES string of the molecule is C[C@@H]1Oc2ccccc2N(CC(=O)NC23CC4CC(CC(C4)C2)C3)C1=O. The van der Waals surface area contributed by atoms with Crippen molar-refractivity contribution in [2.24, 2.45) is 17.8 Å². The van der Waals surface area contributed by atoms with Gasteiger partial charge < -0.3 is 10.1 Å². The molecule has 0 aromatic heterocycles. The van der Waals surface area contributed by atoms with Gasteiger partial charge in [-0.05, 0) is 75.3 Å². The number of nitrogens with zero attached hydrogens (tertiary/aromatic N) is 1. The maximum atomic E-state index is 12.9. The molecule has 1 aromatic rings. The van der Waals surface area contributed by atoms with Crippen LogP contribution in [0.2, 0.25) is 0 Å². The first-order chi connectivity index (χ1) is 12.5. The molecule has 0 spiro atoms. The highest BCUT2D eigenvalue weighted by Gasteiger charge is 2.51. The van der Waals surface area contributed by atoms with Gasteiger partial charge in [0.25, 0.3) is 5.91 Å². The van der Waals surface area contributed by atoms with Gasteiger partial charge in [-0.3, -0.25) is 14.5 Å². The van der Waals surface area contributed by atoms with Crippen molar-refractivity contribution in [1.82, 2.24) is 5.32 Å². The van der Waals surface area contributed by atoms with Crippen LogP contribution in [0.5, 0.6) is 5.75 Å². The van der Waals surface area contributed by atoms with Crippen LogP contribution in [0, 0.1) is 17.8 Å². The standard InChI is InChI=1S/C21H26N2O3/c1-13-20(25)23(17-4-2-3-5-18(17)26-13)12-19(24)22-21-9-14-6-15(10-21)8-16(7-14)11-21/h2-5,13-16H,6-12H2,1H3,(H,22,24)/t13-,14?,15?,16?,21?/m0/s1. The Kier molecular flexibility index (Phi) is 3.56. The Balaban J connectivity index is 1.34. The molecule has 4 saturated carbocycles. The minimum Gasteiger partial charge on any atom is -0.479 e. The van der Waals surface area contributed by atoms with Crippen molar-refractivity contribution < 1.29 is 14.3 Å². The number of carbonyl (C=O) groups is 2. The molecular weight excluding hydrogens is 328 g/mol. The summed E-state index contributed by atoms with van der Waals surface area (Å²) in [7, 11) is 0. The third-order valence-corrected chi connectivity index (χ3v) is 6.82. The van der Waals surface area contributed by atoms with E-state index in [0.29, 0.717) is 11.4 Å². The monoisotopic (exact) mass is 354 g/mol. The number of carbonyl (C=O) groups excluding carboxylic acids is 2. The lowest BCUT2D eigenvalue weighted by molar-refractivity contribution is -0.130. The van der Waals surface area contributed by atoms with Crippen LogP contribution in [0.4, 0.5) is 5.69 Å². The molecule has 1 heterocycles. The van der Waals surface area contributed by atoms with Crippen LogP contribution in [0.25, 0.3) is 0 Å². The Labute approximate surface area is 154 Å². The summed E-state index contributed by atoms with van der Waals surface area (Å²) < 4.78 is 5.67. The number of nitrogens with one attached hydrogen (secondary N) is 1. The molecule has 0 saturated heterocycles. The number of anilines is 1. The van der Waals surface area contributed by atoms with Crippen LogP contribution in [0.15, 0.2) is 24.3 Å². The Hall–Kier alpha value is -2.04. The van der Waals surface area contributed by atoms with Gasteiger partial charge in [-0.2, -0.15) is 0 Å². The van der Waals surface area contributed by atoms with Gasteiger partial charge in [-0.15, -0.1) is 0 Å². The Morgan fingerprint density at radius 2 is 1.77 bits per heavy atom. The van der Waals surface area contributed by atoms with Crippen LogP contribution in [0.1, 0.15) is 45.4 Å². The van der Waals surface area contributed by atoms with Crippen LogP contribution in [0.3, 0.4) is 0 Å². The fourth-order valence-electron chi connectivity index (χ4n) is 6.26. The zero-order valence-electron chi connectivity index (χ0n) is 15.2. The molecule has 2 amide bonds. The van der Waals surface area contributed by atoms with E-state index >= 15 is 0 Å². The lowest BCUT2D eigenvalue weighted by Crippen LogP contribution is -2.61. The zero-order chi connectivity index (χ0) is 17.9. The summed E-state index contributed by atoms with van der Waals surface area (Å²) in [5.41, 5.74) is 0.669. The normalized spacial score (nSPS) is 37.3. The van der Waals surface area contributed by atoms with Crippen LogP contribution in [-0.4, -0.2) is 30.0 Å². The van der Waals surface area contributed by atoms with Crippen molar-refractivity contribution in [1.29, 1.82) is 0 Å². The molecule has 1 aliphatic heterocycles. The minimum absolute atomic E-state index is 0.0215. The van der Waals surface area contributed by atoms with Crippen LogP contribution < -0.4 is 15.0 Å². The van der Waals surface area contributed by atoms with E-state index in [4.69, 9.17) is 4.74 Å². The van der Waals surface area contributed by atoms with Crippen LogP contribution in [-0.2, 0) is 9.59 Å². The molecule has 1 aromatic carbocycles. The number of ether oxygens (including phenoxy) is 1. The average molecular weight is 354 g/mol. The lowest BCUT2D eigenvalue weighted by Gasteiger charge is -2.57. The summed E-state index contributed by atoms with van der Waals surface area (Å²) in [6, 6.07) is 7.45. The molecule has 0 unspecified atom stereocenters. The molecule has 6 rings (SSSR count). The van der Waals surface area contributed by atoms with E-state index in [-0.39, 0.29) is 23.9 Å². The quantitative estimate of drug-likeness (QED) is 0.908. The molecule has 4 fully saturated rings. The first-order valence-corrected chi connectivity index (χ1v) is 9.89. The number of fused-ring (bicyclic) bond motifs is 1. The van der Waals surface area contributed by atoms with E-state index in [9.17, 15) is 9.59 Å². The van der Waals surface area contributed by atoms with Gasteiger partial charge >= 0.3 is 0 Å². The summed E-state index contributed by atoms with van der Waals surface area (Å²) in [4.78, 5) is 27.1. The molecular formula is C21H26N2O3. The lowest BCUT2D eigenvalue weighted by atomic mass is 9.53. The summed E-state index contributed by atoms with van der Waals surface area (Å²) in [6.45, 7) is 1.81. The molecule has 4 bridgehead atoms. The average Bonchev–Trinajstić information content (AvgIpc) is 2.57. The van der Waals surface area contributed by atoms with E-state index < -0.39 is 6.10 Å². The molecule has 1 atom stereocenters. The summed E-state index contributed by atoms with van der Waals surface area (Å²) in [5.74, 6) is 2.84. The van der Waals surface area contributed by atoms with E-state index in [0.717, 1.165) is 37.0 Å². The molecule has 5 aliphatic rings. The first-order valence-electron chi connectivity index (χ1n) is 9.89. The van der Waals surface area contributed by atoms with E-state index in [1.165, 1.54) is 19.3 Å². The number of hydrogen-bond acceptors (Lipinski definition) is 3. The second-order valence-electron chi connectivity index (χ2n) is 8.90. The smallest absolute Gasteiger partial charge is 0.268 e. The molecule has 4 aliphatic carbocycles. The predicted molar refractivity (Wildman–Crippen MR) is 97.9 cm³/mol. The minimum atomic E-state index is -0.558. The Morgan fingerprint density at radius 1 is 1.15 bits per heavy atom. The van der Waals surface area contributed by atoms with E-state index in [1.807, 2.05) is 24.3 Å². The number of benzene rings is 1. The first kappa shape index (κ1) is 16.2. The fourth-order valence-corrected chi connectivity index (χ4v) is 6.26. The van der Waals surface area contributed by atoms with Crippen molar-refractivity contribution >= 4 is 17.5 Å². The van der Waals surface area contributed by atoms with Crippen molar-refractivity contribution in [2.75, 3.05) is 11.4 Å². The van der Waals surface area contributed by atoms with Crippen molar-refractivity contribution in [3.8, 4) is 5.75 Å². The number of hydrogen-bond donors (Lipinski definition) is 1. The largest absolute Gasteiger partial charge is 0.479 e. The topological polar surface area (TPSA) is 58.6 Å². The Bertz CT molecular complexity index is 724. The highest BCUT2D eigenvalue weighted by atomic mass is 16.5. The maximum Gasteiger partial charge on any atom is 0.268 e. The second-order valence-corrected chi connectivity index (χ2v) is 8.90. The Morgan fingerprint density at radius 3 is 2.42 bits per heavy atom. The van der Waals surface area contributed by atoms with Gasteiger partial charge in [0.15, 0.2) is 6.10 Å². The van der Waals surface area contributed by atoms with Gasteiger partial charge in [0.1, 0.15) is 12.3 Å². The number of rotatable bonds is 3. The molecule has 26 heavy (non-hydrogen) atoms. The molecule has 5 nitrogen and oxygen atoms in total. The summed E-state index contributed by atoms with van der Waals surface area (Å²) >= 11 is 0. The van der Waals surface area contributed by atoms with Crippen LogP contribution >= 0.6 is 0 Å².